The molecule has 1 aliphatic rings. The van der Waals surface area contributed by atoms with E-state index < -0.39 is 0 Å². The third-order valence-electron chi connectivity index (χ3n) is 2.40. The highest BCUT2D eigenvalue weighted by atomic mass is 79.9. The number of hydrogen-bond acceptors (Lipinski definition) is 2. The molecule has 0 amide bonds. The van der Waals surface area contributed by atoms with E-state index in [2.05, 4.69) is 15.9 Å². The molecule has 0 aromatic heterocycles. The molecule has 0 saturated heterocycles. The van der Waals surface area contributed by atoms with Gasteiger partial charge in [0.1, 0.15) is 5.75 Å². The second kappa shape index (κ2) is 4.54. The Labute approximate surface area is 102 Å². The fourth-order valence-electron chi connectivity index (χ4n) is 1.63. The standard InChI is InChI=1S/C11H10BrClO2/c12-9-6-11-7(2-4-15-11)5-8(9)10(14)1-3-13/h5-6H,1-4H2. The van der Waals surface area contributed by atoms with Crippen LogP contribution in [-0.2, 0) is 6.42 Å². The van der Waals surface area contributed by atoms with Gasteiger partial charge >= 0.3 is 0 Å². The first-order valence-corrected chi connectivity index (χ1v) is 6.09. The molecule has 2 rings (SSSR count). The highest BCUT2D eigenvalue weighted by molar-refractivity contribution is 9.10. The first-order chi connectivity index (χ1) is 7.22. The number of halogens is 2. The van der Waals surface area contributed by atoms with Crippen LogP contribution in [0.1, 0.15) is 22.3 Å². The molecule has 0 N–H and O–H groups in total. The van der Waals surface area contributed by atoms with E-state index in [1.54, 1.807) is 0 Å². The summed E-state index contributed by atoms with van der Waals surface area (Å²) >= 11 is 8.93. The van der Waals surface area contributed by atoms with E-state index in [1.165, 1.54) is 0 Å². The van der Waals surface area contributed by atoms with Crippen LogP contribution >= 0.6 is 27.5 Å². The molecule has 0 fully saturated rings. The van der Waals surface area contributed by atoms with Crippen LogP contribution in [0.5, 0.6) is 5.75 Å². The lowest BCUT2D eigenvalue weighted by atomic mass is 10.0. The Kier molecular flexibility index (Phi) is 3.32. The third-order valence-corrected chi connectivity index (χ3v) is 3.25. The van der Waals surface area contributed by atoms with Crippen molar-refractivity contribution in [3.05, 3.63) is 27.7 Å². The van der Waals surface area contributed by atoms with Crippen LogP contribution in [0, 0.1) is 0 Å². The first-order valence-electron chi connectivity index (χ1n) is 4.76. The van der Waals surface area contributed by atoms with Gasteiger partial charge in [0.2, 0.25) is 0 Å². The Morgan fingerprint density at radius 2 is 2.33 bits per heavy atom. The molecule has 0 aliphatic carbocycles. The molecule has 0 bridgehead atoms. The molecule has 1 aliphatic heterocycles. The summed E-state index contributed by atoms with van der Waals surface area (Å²) in [4.78, 5) is 11.7. The summed E-state index contributed by atoms with van der Waals surface area (Å²) in [5.74, 6) is 1.31. The molecule has 0 saturated carbocycles. The minimum absolute atomic E-state index is 0.0755. The molecule has 15 heavy (non-hydrogen) atoms. The van der Waals surface area contributed by atoms with Crippen LogP contribution in [0.2, 0.25) is 0 Å². The maximum Gasteiger partial charge on any atom is 0.165 e. The summed E-state index contributed by atoms with van der Waals surface area (Å²) in [6.45, 7) is 0.703. The molecular formula is C11H10BrClO2. The third kappa shape index (κ3) is 2.18. The molecule has 0 unspecified atom stereocenters. The average molecular weight is 290 g/mol. The van der Waals surface area contributed by atoms with Gasteiger partial charge in [-0.1, -0.05) is 0 Å². The molecule has 1 aromatic carbocycles. The van der Waals surface area contributed by atoms with E-state index in [0.29, 0.717) is 24.5 Å². The second-order valence-electron chi connectivity index (χ2n) is 3.40. The molecule has 1 aromatic rings. The monoisotopic (exact) mass is 288 g/mol. The highest BCUT2D eigenvalue weighted by Crippen LogP contribution is 2.32. The largest absolute Gasteiger partial charge is 0.493 e. The number of Topliss-reactive ketones (excluding diaryl/α,β-unsaturated/α-hetero) is 1. The molecule has 0 atom stereocenters. The van der Waals surface area contributed by atoms with E-state index in [1.807, 2.05) is 12.1 Å². The topological polar surface area (TPSA) is 26.3 Å². The Bertz CT molecular complexity index is 404. The van der Waals surface area contributed by atoms with Gasteiger partial charge in [-0.2, -0.15) is 0 Å². The second-order valence-corrected chi connectivity index (χ2v) is 4.63. The number of hydrogen-bond donors (Lipinski definition) is 0. The van der Waals surface area contributed by atoms with Crippen molar-refractivity contribution >= 4 is 33.3 Å². The number of ether oxygens (including phenoxy) is 1. The van der Waals surface area contributed by atoms with Crippen molar-refractivity contribution in [2.24, 2.45) is 0 Å². The lowest BCUT2D eigenvalue weighted by Gasteiger charge is -2.05. The molecule has 2 nitrogen and oxygen atoms in total. The zero-order chi connectivity index (χ0) is 10.8. The number of alkyl halides is 1. The van der Waals surface area contributed by atoms with Gasteiger partial charge < -0.3 is 4.74 Å². The fourth-order valence-corrected chi connectivity index (χ4v) is 2.35. The maximum absolute atomic E-state index is 11.7. The normalized spacial score (nSPS) is 13.5. The maximum atomic E-state index is 11.7. The van der Waals surface area contributed by atoms with Gasteiger partial charge in [0.25, 0.3) is 0 Å². The lowest BCUT2D eigenvalue weighted by Crippen LogP contribution is -2.01. The number of benzene rings is 1. The van der Waals surface area contributed by atoms with Crippen molar-refractivity contribution in [2.75, 3.05) is 12.5 Å². The van der Waals surface area contributed by atoms with Crippen LogP contribution in [0.4, 0.5) is 0 Å². The van der Waals surface area contributed by atoms with Gasteiger partial charge in [-0.25, -0.2) is 0 Å². The van der Waals surface area contributed by atoms with Crippen molar-refractivity contribution in [2.45, 2.75) is 12.8 Å². The zero-order valence-corrected chi connectivity index (χ0v) is 10.4. The van der Waals surface area contributed by atoms with E-state index in [4.69, 9.17) is 16.3 Å². The van der Waals surface area contributed by atoms with Gasteiger partial charge in [0, 0.05) is 28.8 Å². The Morgan fingerprint density at radius 3 is 3.07 bits per heavy atom. The number of ketones is 1. The lowest BCUT2D eigenvalue weighted by molar-refractivity contribution is 0.0988. The van der Waals surface area contributed by atoms with Crippen LogP contribution in [0.15, 0.2) is 16.6 Å². The number of carbonyl (C=O) groups excluding carboxylic acids is 1. The van der Waals surface area contributed by atoms with E-state index in [9.17, 15) is 4.79 Å². The summed E-state index contributed by atoms with van der Waals surface area (Å²) < 4.78 is 6.20. The van der Waals surface area contributed by atoms with Gasteiger partial charge in [0.05, 0.1) is 6.61 Å². The predicted molar refractivity (Wildman–Crippen MR) is 63.0 cm³/mol. The van der Waals surface area contributed by atoms with E-state index in [-0.39, 0.29) is 5.78 Å². The first kappa shape index (κ1) is 11.0. The number of fused-ring (bicyclic) bond motifs is 1. The summed E-state index contributed by atoms with van der Waals surface area (Å²) in [5, 5.41) is 0. The highest BCUT2D eigenvalue weighted by Gasteiger charge is 2.18. The SMILES string of the molecule is O=C(CCCl)c1cc2c(cc1Br)OCC2. The van der Waals surface area contributed by atoms with Crippen LogP contribution in [0.25, 0.3) is 0 Å². The van der Waals surface area contributed by atoms with Crippen molar-refractivity contribution < 1.29 is 9.53 Å². The fraction of sp³-hybridized carbons (Fsp3) is 0.364. The molecule has 0 radical (unpaired) electrons. The van der Waals surface area contributed by atoms with E-state index >= 15 is 0 Å². The Hall–Kier alpha value is -0.540. The van der Waals surface area contributed by atoms with E-state index in [0.717, 1.165) is 22.2 Å². The molecule has 80 valence electrons. The van der Waals surface area contributed by atoms with Gasteiger partial charge in [0.15, 0.2) is 5.78 Å². The smallest absolute Gasteiger partial charge is 0.165 e. The van der Waals surface area contributed by atoms with Gasteiger partial charge in [-0.05, 0) is 33.6 Å². The zero-order valence-electron chi connectivity index (χ0n) is 8.06. The van der Waals surface area contributed by atoms with Gasteiger partial charge in [-0.15, -0.1) is 11.6 Å². The van der Waals surface area contributed by atoms with Crippen molar-refractivity contribution in [3.63, 3.8) is 0 Å². The average Bonchev–Trinajstić information content (AvgIpc) is 2.63. The quantitative estimate of drug-likeness (QED) is 0.631. The minimum atomic E-state index is 0.0755. The molecular weight excluding hydrogens is 279 g/mol. The number of rotatable bonds is 3. The molecule has 0 spiro atoms. The molecule has 1 heterocycles. The van der Waals surface area contributed by atoms with Gasteiger partial charge in [-0.3, -0.25) is 4.79 Å². The number of carbonyl (C=O) groups is 1. The summed E-state index contributed by atoms with van der Waals surface area (Å²) in [5.41, 5.74) is 1.82. The van der Waals surface area contributed by atoms with Crippen molar-refractivity contribution in [1.82, 2.24) is 0 Å². The van der Waals surface area contributed by atoms with Crippen molar-refractivity contribution in [3.8, 4) is 5.75 Å². The van der Waals surface area contributed by atoms with Crippen LogP contribution in [0.3, 0.4) is 0 Å². The summed E-state index contributed by atoms with van der Waals surface area (Å²) in [7, 11) is 0. The Balaban J connectivity index is 2.36. The van der Waals surface area contributed by atoms with Crippen LogP contribution < -0.4 is 4.74 Å². The minimum Gasteiger partial charge on any atom is -0.493 e. The summed E-state index contributed by atoms with van der Waals surface area (Å²) in [6.07, 6.45) is 1.25. The molecule has 4 heteroatoms. The van der Waals surface area contributed by atoms with Crippen molar-refractivity contribution in [1.29, 1.82) is 0 Å². The Morgan fingerprint density at radius 1 is 1.53 bits per heavy atom. The summed E-state index contributed by atoms with van der Waals surface area (Å²) in [6, 6.07) is 3.77. The predicted octanol–water partition coefficient (Wildman–Crippen LogP) is 3.20. The van der Waals surface area contributed by atoms with Crippen LogP contribution in [-0.4, -0.2) is 18.3 Å².